The fourth-order valence-electron chi connectivity index (χ4n) is 3.07. The molecule has 0 aliphatic heterocycles. The third-order valence-electron chi connectivity index (χ3n) is 5.31. The van der Waals surface area contributed by atoms with Gasteiger partial charge in [0.25, 0.3) is 0 Å². The largest absolute Gasteiger partial charge is 0.489 e. The summed E-state index contributed by atoms with van der Waals surface area (Å²) >= 11 is 0. The Morgan fingerprint density at radius 2 is 1.75 bits per heavy atom. The number of rotatable bonds is 12. The number of primary amides is 1. The zero-order valence-corrected chi connectivity index (χ0v) is 18.3. The van der Waals surface area contributed by atoms with Crippen molar-refractivity contribution in [2.75, 3.05) is 0 Å². The Bertz CT molecular complexity index is 911. The smallest absolute Gasteiger partial charge is 0.243 e. The molecule has 2 atom stereocenters. The summed E-state index contributed by atoms with van der Waals surface area (Å²) in [6.45, 7) is 2.13. The number of amides is 3. The number of carbonyl (C=O) groups is 3. The van der Waals surface area contributed by atoms with Crippen LogP contribution in [0.1, 0.15) is 37.3 Å². The summed E-state index contributed by atoms with van der Waals surface area (Å²) in [6.07, 6.45) is 3.87. The molecule has 169 valence electrons. The molecule has 0 bridgehead atoms. The molecule has 2 aromatic carbocycles. The van der Waals surface area contributed by atoms with E-state index in [-0.39, 0.29) is 18.4 Å². The minimum atomic E-state index is -0.709. The number of benzene rings is 2. The summed E-state index contributed by atoms with van der Waals surface area (Å²) in [4.78, 5) is 36.2. The van der Waals surface area contributed by atoms with E-state index in [1.165, 1.54) is 6.42 Å². The van der Waals surface area contributed by atoms with Crippen molar-refractivity contribution in [2.45, 2.75) is 51.3 Å². The molecule has 32 heavy (non-hydrogen) atoms. The van der Waals surface area contributed by atoms with Gasteiger partial charge >= 0.3 is 0 Å². The van der Waals surface area contributed by atoms with Crippen molar-refractivity contribution >= 4 is 17.7 Å². The predicted octanol–water partition coefficient (Wildman–Crippen LogP) is 2.29. The molecule has 0 heterocycles. The van der Waals surface area contributed by atoms with Gasteiger partial charge in [-0.25, -0.2) is 0 Å². The van der Waals surface area contributed by atoms with Gasteiger partial charge in [-0.3, -0.25) is 14.4 Å². The highest BCUT2D eigenvalue weighted by Gasteiger charge is 2.28. The van der Waals surface area contributed by atoms with Crippen LogP contribution in [0.5, 0.6) is 5.75 Å². The SMILES string of the molecule is CC(C[CH]C(=O)NC(Cc1ccc(OCc2ccccc2)cc1)C(=O)NC1CC1)C(N)=O. The van der Waals surface area contributed by atoms with E-state index >= 15 is 0 Å². The summed E-state index contributed by atoms with van der Waals surface area (Å²) < 4.78 is 5.81. The van der Waals surface area contributed by atoms with Gasteiger partial charge in [0.2, 0.25) is 17.7 Å². The number of nitrogens with two attached hydrogens (primary N) is 1. The molecule has 3 rings (SSSR count). The molecule has 1 fully saturated rings. The van der Waals surface area contributed by atoms with Crippen molar-refractivity contribution in [3.05, 3.63) is 72.1 Å². The van der Waals surface area contributed by atoms with E-state index < -0.39 is 23.8 Å². The van der Waals surface area contributed by atoms with Crippen LogP contribution >= 0.6 is 0 Å². The molecule has 1 saturated carbocycles. The van der Waals surface area contributed by atoms with Gasteiger partial charge < -0.3 is 21.1 Å². The Balaban J connectivity index is 1.56. The zero-order valence-electron chi connectivity index (χ0n) is 18.3. The van der Waals surface area contributed by atoms with Gasteiger partial charge in [0.15, 0.2) is 0 Å². The lowest BCUT2D eigenvalue weighted by atomic mass is 10.0. The second-order valence-corrected chi connectivity index (χ2v) is 8.21. The first-order valence-electron chi connectivity index (χ1n) is 10.9. The minimum absolute atomic E-state index is 0.189. The van der Waals surface area contributed by atoms with E-state index in [0.29, 0.717) is 13.0 Å². The van der Waals surface area contributed by atoms with Crippen molar-refractivity contribution in [1.82, 2.24) is 10.6 Å². The van der Waals surface area contributed by atoms with E-state index in [1.807, 2.05) is 54.6 Å². The first kappa shape index (κ1) is 23.3. The Morgan fingerprint density at radius 1 is 1.06 bits per heavy atom. The molecular weight excluding hydrogens is 406 g/mol. The number of nitrogens with one attached hydrogen (secondary N) is 2. The third kappa shape index (κ3) is 7.72. The van der Waals surface area contributed by atoms with Crippen LogP contribution in [0, 0.1) is 12.3 Å². The minimum Gasteiger partial charge on any atom is -0.489 e. The lowest BCUT2D eigenvalue weighted by molar-refractivity contribution is -0.128. The number of carbonyl (C=O) groups excluding carboxylic acids is 3. The molecule has 0 aromatic heterocycles. The first-order valence-corrected chi connectivity index (χ1v) is 10.9. The number of hydrogen-bond donors (Lipinski definition) is 3. The van der Waals surface area contributed by atoms with Gasteiger partial charge in [0.1, 0.15) is 18.4 Å². The summed E-state index contributed by atoms with van der Waals surface area (Å²) in [5, 5.41) is 5.71. The van der Waals surface area contributed by atoms with E-state index in [1.54, 1.807) is 6.92 Å². The third-order valence-corrected chi connectivity index (χ3v) is 5.31. The highest BCUT2D eigenvalue weighted by atomic mass is 16.5. The first-order chi connectivity index (χ1) is 15.4. The molecule has 7 heteroatoms. The molecule has 4 N–H and O–H groups in total. The second kappa shape index (κ2) is 11.3. The molecular formula is C25H30N3O4. The topological polar surface area (TPSA) is 111 Å². The molecule has 1 aliphatic rings. The van der Waals surface area contributed by atoms with Crippen LogP contribution < -0.4 is 21.1 Å². The molecule has 2 unspecified atom stereocenters. The summed E-state index contributed by atoms with van der Waals surface area (Å²) in [6, 6.07) is 16.9. The van der Waals surface area contributed by atoms with Crippen LogP contribution in [0.25, 0.3) is 0 Å². The quantitative estimate of drug-likeness (QED) is 0.474. The van der Waals surface area contributed by atoms with Gasteiger partial charge in [-0.2, -0.15) is 0 Å². The maximum atomic E-state index is 12.7. The van der Waals surface area contributed by atoms with E-state index in [9.17, 15) is 14.4 Å². The van der Waals surface area contributed by atoms with Crippen molar-refractivity contribution in [3.8, 4) is 5.75 Å². The summed E-state index contributed by atoms with van der Waals surface area (Å²) in [7, 11) is 0. The molecule has 2 aromatic rings. The molecule has 1 radical (unpaired) electrons. The highest BCUT2D eigenvalue weighted by molar-refractivity contribution is 5.92. The molecule has 3 amide bonds. The van der Waals surface area contributed by atoms with Crippen molar-refractivity contribution < 1.29 is 19.1 Å². The van der Waals surface area contributed by atoms with Crippen LogP contribution in [0.3, 0.4) is 0 Å². The van der Waals surface area contributed by atoms with Crippen molar-refractivity contribution in [3.63, 3.8) is 0 Å². The van der Waals surface area contributed by atoms with E-state index in [4.69, 9.17) is 10.5 Å². The Morgan fingerprint density at radius 3 is 2.38 bits per heavy atom. The maximum absolute atomic E-state index is 12.7. The lowest BCUT2D eigenvalue weighted by Crippen LogP contribution is -2.48. The van der Waals surface area contributed by atoms with Gasteiger partial charge in [-0.15, -0.1) is 0 Å². The van der Waals surface area contributed by atoms with Crippen LogP contribution in [0.15, 0.2) is 54.6 Å². The molecule has 1 aliphatic carbocycles. The zero-order chi connectivity index (χ0) is 22.9. The monoisotopic (exact) mass is 436 g/mol. The van der Waals surface area contributed by atoms with Gasteiger partial charge in [-0.1, -0.05) is 49.4 Å². The predicted molar refractivity (Wildman–Crippen MR) is 121 cm³/mol. The van der Waals surface area contributed by atoms with Crippen LogP contribution in [0.4, 0.5) is 0 Å². The van der Waals surface area contributed by atoms with Crippen LogP contribution in [-0.2, 0) is 27.4 Å². The van der Waals surface area contributed by atoms with Gasteiger partial charge in [0.05, 0.1) is 6.42 Å². The van der Waals surface area contributed by atoms with Gasteiger partial charge in [0, 0.05) is 18.4 Å². The fourth-order valence-corrected chi connectivity index (χ4v) is 3.07. The molecule has 0 spiro atoms. The fraction of sp³-hybridized carbons (Fsp3) is 0.360. The Hall–Kier alpha value is -3.35. The number of ether oxygens (including phenoxy) is 1. The van der Waals surface area contributed by atoms with E-state index in [0.717, 1.165) is 29.7 Å². The van der Waals surface area contributed by atoms with Gasteiger partial charge in [-0.05, 0) is 42.5 Å². The van der Waals surface area contributed by atoms with Crippen LogP contribution in [-0.4, -0.2) is 29.8 Å². The average Bonchev–Trinajstić information content (AvgIpc) is 3.61. The van der Waals surface area contributed by atoms with Crippen LogP contribution in [0.2, 0.25) is 0 Å². The average molecular weight is 437 g/mol. The van der Waals surface area contributed by atoms with Crippen molar-refractivity contribution in [1.29, 1.82) is 0 Å². The summed E-state index contributed by atoms with van der Waals surface area (Å²) in [5.74, 6) is -0.776. The lowest BCUT2D eigenvalue weighted by Gasteiger charge is -2.19. The molecule has 7 nitrogen and oxygen atoms in total. The maximum Gasteiger partial charge on any atom is 0.243 e. The summed E-state index contributed by atoms with van der Waals surface area (Å²) in [5.41, 5.74) is 7.22. The normalized spacial score (nSPS) is 14.8. The molecule has 0 saturated heterocycles. The second-order valence-electron chi connectivity index (χ2n) is 8.21. The van der Waals surface area contributed by atoms with Crippen molar-refractivity contribution in [2.24, 2.45) is 11.7 Å². The van der Waals surface area contributed by atoms with E-state index in [2.05, 4.69) is 10.6 Å². The Kier molecular flexibility index (Phi) is 8.25. The standard InChI is InChI=1S/C25H30N3O4/c1-17(24(26)30)7-14-23(29)28-22(25(31)27-20-10-11-20)15-18-8-12-21(13-9-18)32-16-19-5-3-2-4-6-19/h2-6,8-9,12-14,17,20,22H,7,10-11,15-16H2,1H3,(H2,26,30)(H,27,31)(H,28,29). The highest BCUT2D eigenvalue weighted by Crippen LogP contribution is 2.20. The Labute approximate surface area is 188 Å². The number of hydrogen-bond acceptors (Lipinski definition) is 4.